The summed E-state index contributed by atoms with van der Waals surface area (Å²) in [4.78, 5) is 12.6. The summed E-state index contributed by atoms with van der Waals surface area (Å²) in [6.07, 6.45) is 0.804. The van der Waals surface area contributed by atoms with Crippen LogP contribution in [0.5, 0.6) is 5.75 Å². The van der Waals surface area contributed by atoms with Gasteiger partial charge in [0, 0.05) is 18.2 Å². The lowest BCUT2D eigenvalue weighted by molar-refractivity contribution is -0.139. The Kier molecular flexibility index (Phi) is 5.76. The van der Waals surface area contributed by atoms with Crippen LogP contribution in [-0.4, -0.2) is 35.7 Å². The second-order valence-electron chi connectivity index (χ2n) is 4.49. The van der Waals surface area contributed by atoms with Crippen molar-refractivity contribution in [3.63, 3.8) is 0 Å². The molecule has 0 fully saturated rings. The first-order valence-electron chi connectivity index (χ1n) is 6.26. The van der Waals surface area contributed by atoms with Crippen molar-refractivity contribution in [2.75, 3.05) is 13.7 Å². The Morgan fingerprint density at radius 1 is 1.53 bits per heavy atom. The quantitative estimate of drug-likeness (QED) is 0.826. The van der Waals surface area contributed by atoms with Gasteiger partial charge in [-0.3, -0.25) is 9.69 Å². The van der Waals surface area contributed by atoms with Crippen LogP contribution in [0.4, 0.5) is 4.39 Å². The number of halogens is 1. The molecular weight excluding hydrogens is 249 g/mol. The van der Waals surface area contributed by atoms with E-state index in [0.717, 1.165) is 6.42 Å². The van der Waals surface area contributed by atoms with Crippen LogP contribution in [0.25, 0.3) is 0 Å². The van der Waals surface area contributed by atoms with E-state index in [1.165, 1.54) is 7.11 Å². The van der Waals surface area contributed by atoms with Crippen LogP contribution in [0, 0.1) is 5.82 Å². The monoisotopic (exact) mass is 269 g/mol. The van der Waals surface area contributed by atoms with E-state index in [1.54, 1.807) is 23.1 Å². The normalized spacial score (nSPS) is 12.5. The molecular formula is C14H20FNO3. The second-order valence-corrected chi connectivity index (χ2v) is 4.49. The Balaban J connectivity index is 2.92. The highest BCUT2D eigenvalue weighted by Crippen LogP contribution is 2.22. The number of ether oxygens (including phenoxy) is 1. The number of carboxylic acids is 1. The fraction of sp³-hybridized carbons (Fsp3) is 0.500. The van der Waals surface area contributed by atoms with Gasteiger partial charge in [0.25, 0.3) is 0 Å². The van der Waals surface area contributed by atoms with Crippen LogP contribution < -0.4 is 4.74 Å². The lowest BCUT2D eigenvalue weighted by atomic mass is 10.1. The number of rotatable bonds is 7. The van der Waals surface area contributed by atoms with Gasteiger partial charge in [0.15, 0.2) is 11.6 Å². The highest BCUT2D eigenvalue weighted by atomic mass is 19.1. The summed E-state index contributed by atoms with van der Waals surface area (Å²) in [7, 11) is 1.41. The minimum absolute atomic E-state index is 0.0710. The van der Waals surface area contributed by atoms with Crippen molar-refractivity contribution in [3.05, 3.63) is 29.6 Å². The lowest BCUT2D eigenvalue weighted by Crippen LogP contribution is -2.36. The summed E-state index contributed by atoms with van der Waals surface area (Å²) < 4.78 is 19.0. The number of hydrogen-bond donors (Lipinski definition) is 1. The molecule has 0 aliphatic rings. The fourth-order valence-electron chi connectivity index (χ4n) is 1.85. The van der Waals surface area contributed by atoms with E-state index in [2.05, 4.69) is 0 Å². The Bertz CT molecular complexity index is 437. The van der Waals surface area contributed by atoms with Gasteiger partial charge >= 0.3 is 5.97 Å². The highest BCUT2D eigenvalue weighted by molar-refractivity contribution is 5.69. The minimum Gasteiger partial charge on any atom is -0.494 e. The Hall–Kier alpha value is -1.62. The van der Waals surface area contributed by atoms with Gasteiger partial charge in [-0.2, -0.15) is 0 Å². The third-order valence-electron chi connectivity index (χ3n) is 3.19. The SMILES string of the molecule is CCC(C)N(CC(=O)O)Cc1cccc(OC)c1F. The predicted molar refractivity (Wildman–Crippen MR) is 70.8 cm³/mol. The maximum absolute atomic E-state index is 14.0. The van der Waals surface area contributed by atoms with Crippen molar-refractivity contribution in [3.8, 4) is 5.75 Å². The van der Waals surface area contributed by atoms with E-state index in [0.29, 0.717) is 5.56 Å². The molecule has 1 N–H and O–H groups in total. The van der Waals surface area contributed by atoms with Gasteiger partial charge in [-0.05, 0) is 19.4 Å². The average molecular weight is 269 g/mol. The first-order chi connectivity index (χ1) is 8.99. The van der Waals surface area contributed by atoms with Crippen LogP contribution in [0.3, 0.4) is 0 Å². The molecule has 1 rings (SSSR count). The molecule has 0 bridgehead atoms. The van der Waals surface area contributed by atoms with Crippen molar-refractivity contribution in [2.24, 2.45) is 0 Å². The highest BCUT2D eigenvalue weighted by Gasteiger charge is 2.18. The van der Waals surface area contributed by atoms with Crippen molar-refractivity contribution in [1.82, 2.24) is 4.90 Å². The number of benzene rings is 1. The molecule has 106 valence electrons. The summed E-state index contributed by atoms with van der Waals surface area (Å²) >= 11 is 0. The standard InChI is InChI=1S/C14H20FNO3/c1-4-10(2)16(9-13(17)18)8-11-6-5-7-12(19-3)14(11)15/h5-7,10H,4,8-9H2,1-3H3,(H,17,18). The molecule has 0 saturated heterocycles. The molecule has 19 heavy (non-hydrogen) atoms. The van der Waals surface area contributed by atoms with Gasteiger partial charge in [0.1, 0.15) is 0 Å². The molecule has 0 aliphatic heterocycles. The lowest BCUT2D eigenvalue weighted by Gasteiger charge is -2.27. The topological polar surface area (TPSA) is 49.8 Å². The molecule has 0 aliphatic carbocycles. The molecule has 1 aromatic rings. The van der Waals surface area contributed by atoms with Crippen LogP contribution in [0.15, 0.2) is 18.2 Å². The third-order valence-corrected chi connectivity index (χ3v) is 3.19. The van der Waals surface area contributed by atoms with Gasteiger partial charge in [-0.25, -0.2) is 4.39 Å². The van der Waals surface area contributed by atoms with Gasteiger partial charge in [0.2, 0.25) is 0 Å². The molecule has 0 heterocycles. The molecule has 1 unspecified atom stereocenters. The summed E-state index contributed by atoms with van der Waals surface area (Å²) in [6.45, 7) is 4.05. The molecule has 4 nitrogen and oxygen atoms in total. The van der Waals surface area contributed by atoms with E-state index in [4.69, 9.17) is 9.84 Å². The maximum atomic E-state index is 14.0. The number of hydrogen-bond acceptors (Lipinski definition) is 3. The van der Waals surface area contributed by atoms with Crippen LogP contribution in [0.2, 0.25) is 0 Å². The molecule has 0 amide bonds. The van der Waals surface area contributed by atoms with Crippen LogP contribution in [-0.2, 0) is 11.3 Å². The van der Waals surface area contributed by atoms with E-state index >= 15 is 0 Å². The number of aliphatic carboxylic acids is 1. The maximum Gasteiger partial charge on any atom is 0.317 e. The Morgan fingerprint density at radius 3 is 2.74 bits per heavy atom. The Labute approximate surface area is 112 Å². The first-order valence-corrected chi connectivity index (χ1v) is 6.26. The van der Waals surface area contributed by atoms with Gasteiger partial charge in [-0.1, -0.05) is 19.1 Å². The molecule has 0 saturated carbocycles. The molecule has 0 aromatic heterocycles. The Morgan fingerprint density at radius 2 is 2.21 bits per heavy atom. The summed E-state index contributed by atoms with van der Waals surface area (Å²) in [5.74, 6) is -1.16. The molecule has 0 spiro atoms. The van der Waals surface area contributed by atoms with Crippen LogP contribution in [0.1, 0.15) is 25.8 Å². The first kappa shape index (κ1) is 15.4. The summed E-state index contributed by atoms with van der Waals surface area (Å²) in [5, 5.41) is 8.92. The van der Waals surface area contributed by atoms with Gasteiger partial charge in [-0.15, -0.1) is 0 Å². The predicted octanol–water partition coefficient (Wildman–Crippen LogP) is 2.52. The van der Waals surface area contributed by atoms with E-state index < -0.39 is 11.8 Å². The largest absolute Gasteiger partial charge is 0.494 e. The average Bonchev–Trinajstić information content (AvgIpc) is 2.38. The summed E-state index contributed by atoms with van der Waals surface area (Å²) in [6, 6.07) is 4.97. The number of carboxylic acid groups (broad SMARTS) is 1. The zero-order valence-electron chi connectivity index (χ0n) is 11.5. The van der Waals surface area contributed by atoms with Crippen LogP contribution >= 0.6 is 0 Å². The van der Waals surface area contributed by atoms with Gasteiger partial charge < -0.3 is 9.84 Å². The smallest absolute Gasteiger partial charge is 0.317 e. The zero-order chi connectivity index (χ0) is 14.4. The number of carbonyl (C=O) groups is 1. The van der Waals surface area contributed by atoms with E-state index in [1.807, 2.05) is 13.8 Å². The number of nitrogens with zero attached hydrogens (tertiary/aromatic N) is 1. The third kappa shape index (κ3) is 4.21. The van der Waals surface area contributed by atoms with Crippen molar-refractivity contribution >= 4 is 5.97 Å². The molecule has 1 atom stereocenters. The number of methoxy groups -OCH3 is 1. The van der Waals surface area contributed by atoms with E-state index in [-0.39, 0.29) is 24.9 Å². The fourth-order valence-corrected chi connectivity index (χ4v) is 1.85. The van der Waals surface area contributed by atoms with E-state index in [9.17, 15) is 9.18 Å². The molecule has 5 heteroatoms. The zero-order valence-corrected chi connectivity index (χ0v) is 11.5. The van der Waals surface area contributed by atoms with Crippen molar-refractivity contribution in [1.29, 1.82) is 0 Å². The van der Waals surface area contributed by atoms with Crippen molar-refractivity contribution < 1.29 is 19.0 Å². The molecule has 0 radical (unpaired) electrons. The second kappa shape index (κ2) is 7.09. The van der Waals surface area contributed by atoms with Crippen molar-refractivity contribution in [2.45, 2.75) is 32.9 Å². The minimum atomic E-state index is -0.913. The molecule has 1 aromatic carbocycles. The summed E-state index contributed by atoms with van der Waals surface area (Å²) in [5.41, 5.74) is 0.445. The van der Waals surface area contributed by atoms with Gasteiger partial charge in [0.05, 0.1) is 13.7 Å².